The molecule has 0 aromatic heterocycles. The fraction of sp³-hybridized carbons (Fsp3) is 0.300. The number of sulfonamides is 1. The summed E-state index contributed by atoms with van der Waals surface area (Å²) in [7, 11) is -1.19. The molecule has 0 atom stereocenters. The topological polar surface area (TPSA) is 105 Å². The molecule has 10 heteroatoms. The van der Waals surface area contributed by atoms with E-state index in [4.69, 9.17) is 9.47 Å². The summed E-state index contributed by atoms with van der Waals surface area (Å²) in [6.07, 6.45) is 0. The Morgan fingerprint density at radius 3 is 2.00 bits per heavy atom. The average Bonchev–Trinajstić information content (AvgIpc) is 3.03. The number of nitrogens with one attached hydrogen (secondary N) is 1. The van der Waals surface area contributed by atoms with Gasteiger partial charge in [0.2, 0.25) is 10.0 Å². The molecule has 1 N–H and O–H groups in total. The Morgan fingerprint density at radius 2 is 1.47 bits per heavy atom. The van der Waals surface area contributed by atoms with Crippen LogP contribution in [-0.2, 0) is 10.0 Å². The van der Waals surface area contributed by atoms with E-state index < -0.39 is 21.8 Å². The Labute approximate surface area is 174 Å². The molecule has 2 aromatic carbocycles. The fourth-order valence-corrected chi connectivity index (χ4v) is 5.26. The van der Waals surface area contributed by atoms with Crippen molar-refractivity contribution in [2.45, 2.75) is 4.90 Å². The number of anilines is 1. The smallest absolute Gasteiger partial charge is 0.266 e. The lowest BCUT2D eigenvalue weighted by Crippen LogP contribution is -2.46. The van der Waals surface area contributed by atoms with Crippen molar-refractivity contribution in [1.29, 1.82) is 0 Å². The van der Waals surface area contributed by atoms with E-state index >= 15 is 0 Å². The summed E-state index contributed by atoms with van der Waals surface area (Å²) in [5, 5.41) is 3.11. The Bertz CT molecular complexity index is 1090. The molecule has 0 saturated carbocycles. The van der Waals surface area contributed by atoms with Crippen molar-refractivity contribution in [2.75, 3.05) is 45.3 Å². The van der Waals surface area contributed by atoms with Gasteiger partial charge in [-0.05, 0) is 18.2 Å². The summed E-state index contributed by atoms with van der Waals surface area (Å²) in [4.78, 5) is 26.7. The van der Waals surface area contributed by atoms with Gasteiger partial charge in [0.15, 0.2) is 0 Å². The van der Waals surface area contributed by atoms with Crippen LogP contribution in [0.5, 0.6) is 11.5 Å². The first-order valence-electron chi connectivity index (χ1n) is 9.35. The monoisotopic (exact) mass is 431 g/mol. The summed E-state index contributed by atoms with van der Waals surface area (Å²) < 4.78 is 38.6. The molecule has 9 nitrogen and oxygen atoms in total. The van der Waals surface area contributed by atoms with Crippen molar-refractivity contribution < 1.29 is 27.5 Å². The van der Waals surface area contributed by atoms with Crippen molar-refractivity contribution >= 4 is 27.5 Å². The lowest BCUT2D eigenvalue weighted by Gasteiger charge is -2.28. The molecule has 158 valence electrons. The maximum absolute atomic E-state index is 13.3. The first-order valence-corrected chi connectivity index (χ1v) is 10.8. The first kappa shape index (κ1) is 20.3. The zero-order valence-electron chi connectivity index (χ0n) is 16.5. The fourth-order valence-electron chi connectivity index (χ4n) is 3.66. The highest BCUT2D eigenvalue weighted by Gasteiger charge is 2.39. The molecule has 0 spiro atoms. The number of methoxy groups -OCH3 is 2. The number of nitrogens with zero attached hydrogens (tertiary/aromatic N) is 2. The van der Waals surface area contributed by atoms with E-state index in [-0.39, 0.29) is 33.2 Å². The molecule has 2 aliphatic rings. The van der Waals surface area contributed by atoms with Gasteiger partial charge in [0.05, 0.1) is 31.0 Å². The van der Waals surface area contributed by atoms with E-state index in [9.17, 15) is 18.0 Å². The van der Waals surface area contributed by atoms with Crippen LogP contribution in [0.2, 0.25) is 0 Å². The molecule has 2 heterocycles. The molecule has 0 unspecified atom stereocenters. The molecule has 2 aromatic rings. The van der Waals surface area contributed by atoms with Gasteiger partial charge < -0.3 is 14.8 Å². The second-order valence-corrected chi connectivity index (χ2v) is 8.73. The van der Waals surface area contributed by atoms with E-state index in [1.807, 2.05) is 0 Å². The number of piperazine rings is 1. The van der Waals surface area contributed by atoms with Crippen LogP contribution in [-0.4, -0.2) is 64.9 Å². The third-order valence-corrected chi connectivity index (χ3v) is 7.11. The lowest BCUT2D eigenvalue weighted by atomic mass is 10.1. The number of carbonyl (C=O) groups excluding carboxylic acids is 2. The van der Waals surface area contributed by atoms with Crippen molar-refractivity contribution in [3.05, 3.63) is 47.5 Å². The molecule has 0 aliphatic carbocycles. The number of amides is 2. The van der Waals surface area contributed by atoms with Gasteiger partial charge in [0, 0.05) is 32.2 Å². The van der Waals surface area contributed by atoms with Gasteiger partial charge in [-0.1, -0.05) is 12.1 Å². The highest BCUT2D eigenvalue weighted by Crippen LogP contribution is 2.41. The van der Waals surface area contributed by atoms with Gasteiger partial charge in [-0.25, -0.2) is 13.3 Å². The summed E-state index contributed by atoms with van der Waals surface area (Å²) in [6.45, 7) is 1.67. The van der Waals surface area contributed by atoms with Gasteiger partial charge >= 0.3 is 0 Å². The summed E-state index contributed by atoms with van der Waals surface area (Å²) in [5.74, 6) is -0.847. The summed E-state index contributed by atoms with van der Waals surface area (Å²) in [5.41, 5.74) is 0.567. The quantitative estimate of drug-likeness (QED) is 0.707. The second-order valence-electron chi connectivity index (χ2n) is 6.82. The standard InChI is InChI=1S/C20H21N3O6S/c1-28-16-12-17(29-2)18(30(26,27)22-9-7-21-8-10-22)11-15(16)23-19(24)13-5-3-4-6-14(13)20(23)25/h3-6,11-12,21H,7-10H2,1-2H3. The summed E-state index contributed by atoms with van der Waals surface area (Å²) >= 11 is 0. The SMILES string of the molecule is COc1cc(OC)c(S(=O)(=O)N2CCNCC2)cc1N1C(=O)c2ccccc2C1=O. The van der Waals surface area contributed by atoms with Crippen molar-refractivity contribution in [3.8, 4) is 11.5 Å². The molecule has 2 aliphatic heterocycles. The zero-order chi connectivity index (χ0) is 21.5. The molecule has 0 radical (unpaired) electrons. The predicted molar refractivity (Wildman–Crippen MR) is 109 cm³/mol. The molecule has 2 amide bonds. The van der Waals surface area contributed by atoms with E-state index in [0.717, 1.165) is 4.90 Å². The molecule has 0 bridgehead atoms. The minimum atomic E-state index is -3.92. The Hall–Kier alpha value is -2.95. The minimum Gasteiger partial charge on any atom is -0.495 e. The van der Waals surface area contributed by atoms with Crippen molar-refractivity contribution in [1.82, 2.24) is 9.62 Å². The molecular formula is C20H21N3O6S. The third kappa shape index (κ3) is 3.13. The first-order chi connectivity index (χ1) is 14.4. The van der Waals surface area contributed by atoms with E-state index in [0.29, 0.717) is 26.2 Å². The average molecular weight is 431 g/mol. The Balaban J connectivity index is 1.86. The normalized spacial score (nSPS) is 17.2. The van der Waals surface area contributed by atoms with Crippen molar-refractivity contribution in [2.24, 2.45) is 0 Å². The number of fused-ring (bicyclic) bond motifs is 1. The molecule has 4 rings (SSSR count). The van der Waals surface area contributed by atoms with E-state index in [2.05, 4.69) is 5.32 Å². The van der Waals surface area contributed by atoms with Crippen LogP contribution in [0, 0.1) is 0 Å². The van der Waals surface area contributed by atoms with Gasteiger partial charge in [-0.3, -0.25) is 9.59 Å². The molecule has 1 saturated heterocycles. The van der Waals surface area contributed by atoms with Gasteiger partial charge in [0.1, 0.15) is 16.4 Å². The minimum absolute atomic E-state index is 0.0539. The molecular weight excluding hydrogens is 410 g/mol. The van der Waals surface area contributed by atoms with Gasteiger partial charge in [0.25, 0.3) is 11.8 Å². The molecule has 30 heavy (non-hydrogen) atoms. The van der Waals surface area contributed by atoms with Crippen LogP contribution in [0.25, 0.3) is 0 Å². The number of hydrogen-bond donors (Lipinski definition) is 1. The van der Waals surface area contributed by atoms with Crippen LogP contribution in [0.3, 0.4) is 0 Å². The van der Waals surface area contributed by atoms with E-state index in [1.165, 1.54) is 30.7 Å². The third-order valence-electron chi connectivity index (χ3n) is 5.19. The Kier molecular flexibility index (Phi) is 5.22. The highest BCUT2D eigenvalue weighted by molar-refractivity contribution is 7.89. The van der Waals surface area contributed by atoms with Gasteiger partial charge in [-0.2, -0.15) is 4.31 Å². The number of ether oxygens (including phenoxy) is 2. The maximum Gasteiger partial charge on any atom is 0.266 e. The number of benzene rings is 2. The van der Waals surface area contributed by atoms with Crippen LogP contribution in [0.1, 0.15) is 20.7 Å². The summed E-state index contributed by atoms with van der Waals surface area (Å²) in [6, 6.07) is 9.11. The zero-order valence-corrected chi connectivity index (χ0v) is 17.4. The largest absolute Gasteiger partial charge is 0.495 e. The highest BCUT2D eigenvalue weighted by atomic mass is 32.2. The number of hydrogen-bond acceptors (Lipinski definition) is 7. The van der Waals surface area contributed by atoms with Crippen LogP contribution < -0.4 is 19.7 Å². The van der Waals surface area contributed by atoms with Gasteiger partial charge in [-0.15, -0.1) is 0 Å². The second kappa shape index (κ2) is 7.71. The maximum atomic E-state index is 13.3. The predicted octanol–water partition coefficient (Wildman–Crippen LogP) is 1.10. The number of imide groups is 1. The van der Waals surface area contributed by atoms with Crippen LogP contribution >= 0.6 is 0 Å². The van der Waals surface area contributed by atoms with Crippen LogP contribution in [0.4, 0.5) is 5.69 Å². The van der Waals surface area contributed by atoms with Crippen molar-refractivity contribution in [3.63, 3.8) is 0 Å². The Morgan fingerprint density at radius 1 is 0.900 bits per heavy atom. The molecule has 1 fully saturated rings. The van der Waals surface area contributed by atoms with Crippen LogP contribution in [0.15, 0.2) is 41.3 Å². The number of carbonyl (C=O) groups is 2. The van der Waals surface area contributed by atoms with E-state index in [1.54, 1.807) is 24.3 Å². The lowest BCUT2D eigenvalue weighted by molar-refractivity contribution is 0.0925. The number of rotatable bonds is 5.